The Morgan fingerprint density at radius 1 is 1.12 bits per heavy atom. The van der Waals surface area contributed by atoms with Gasteiger partial charge in [0, 0.05) is 14.1 Å². The SMILES string of the molecule is CCOc1nc2c(c(=O)n(Cc3ccc(F)cc3)c(=O)n2C)n1C. The number of halogens is 1. The van der Waals surface area contributed by atoms with Gasteiger partial charge in [-0.15, -0.1) is 0 Å². The third-order valence-corrected chi connectivity index (χ3v) is 3.85. The lowest BCUT2D eigenvalue weighted by molar-refractivity contribution is 0.304. The molecule has 0 unspecified atom stereocenters. The van der Waals surface area contributed by atoms with Crippen LogP contribution in [-0.4, -0.2) is 25.3 Å². The lowest BCUT2D eigenvalue weighted by atomic mass is 10.2. The van der Waals surface area contributed by atoms with Crippen molar-refractivity contribution in [2.45, 2.75) is 13.5 Å². The number of nitrogens with zero attached hydrogens (tertiary/aromatic N) is 4. The summed E-state index contributed by atoms with van der Waals surface area (Å²) in [5.41, 5.74) is 0.257. The van der Waals surface area contributed by atoms with Crippen molar-refractivity contribution in [1.29, 1.82) is 0 Å². The molecule has 1 aromatic carbocycles. The molecule has 0 spiro atoms. The molecule has 0 N–H and O–H groups in total. The summed E-state index contributed by atoms with van der Waals surface area (Å²) in [6.07, 6.45) is 0. The van der Waals surface area contributed by atoms with E-state index in [9.17, 15) is 14.0 Å². The highest BCUT2D eigenvalue weighted by molar-refractivity contribution is 5.71. The lowest BCUT2D eigenvalue weighted by Gasteiger charge is -2.08. The second kappa shape index (κ2) is 5.95. The van der Waals surface area contributed by atoms with Crippen molar-refractivity contribution in [3.8, 4) is 6.01 Å². The molecule has 0 saturated heterocycles. The quantitative estimate of drug-likeness (QED) is 0.715. The first-order valence-electron chi connectivity index (χ1n) is 7.47. The fraction of sp³-hybridized carbons (Fsp3) is 0.312. The van der Waals surface area contributed by atoms with Crippen molar-refractivity contribution < 1.29 is 9.13 Å². The van der Waals surface area contributed by atoms with Crippen LogP contribution in [0.2, 0.25) is 0 Å². The highest BCUT2D eigenvalue weighted by atomic mass is 19.1. The fourth-order valence-electron chi connectivity index (χ4n) is 2.59. The van der Waals surface area contributed by atoms with E-state index < -0.39 is 11.2 Å². The van der Waals surface area contributed by atoms with E-state index >= 15 is 0 Å². The summed E-state index contributed by atoms with van der Waals surface area (Å²) >= 11 is 0. The van der Waals surface area contributed by atoms with Gasteiger partial charge in [0.15, 0.2) is 11.2 Å². The van der Waals surface area contributed by atoms with Gasteiger partial charge in [-0.25, -0.2) is 9.18 Å². The monoisotopic (exact) mass is 332 g/mol. The Morgan fingerprint density at radius 2 is 1.79 bits per heavy atom. The minimum atomic E-state index is -0.488. The van der Waals surface area contributed by atoms with E-state index in [0.717, 1.165) is 4.57 Å². The van der Waals surface area contributed by atoms with Gasteiger partial charge in [-0.05, 0) is 24.6 Å². The summed E-state index contributed by atoms with van der Waals surface area (Å²) in [5.74, 6) is -0.373. The summed E-state index contributed by atoms with van der Waals surface area (Å²) in [6.45, 7) is 2.26. The second-order valence-electron chi connectivity index (χ2n) is 5.42. The van der Waals surface area contributed by atoms with Gasteiger partial charge in [0.1, 0.15) is 5.82 Å². The second-order valence-corrected chi connectivity index (χ2v) is 5.42. The lowest BCUT2D eigenvalue weighted by Crippen LogP contribution is -2.39. The van der Waals surface area contributed by atoms with Gasteiger partial charge in [-0.2, -0.15) is 4.98 Å². The molecule has 0 aliphatic rings. The van der Waals surface area contributed by atoms with Crippen LogP contribution in [0, 0.1) is 5.82 Å². The number of benzene rings is 1. The smallest absolute Gasteiger partial charge is 0.332 e. The van der Waals surface area contributed by atoms with Crippen LogP contribution < -0.4 is 16.0 Å². The van der Waals surface area contributed by atoms with Crippen molar-refractivity contribution in [3.63, 3.8) is 0 Å². The fourth-order valence-corrected chi connectivity index (χ4v) is 2.59. The molecule has 0 aliphatic heterocycles. The minimum absolute atomic E-state index is 0.0525. The van der Waals surface area contributed by atoms with Crippen LogP contribution >= 0.6 is 0 Å². The van der Waals surface area contributed by atoms with E-state index in [1.54, 1.807) is 26.2 Å². The number of imidazole rings is 1. The Kier molecular flexibility index (Phi) is 3.96. The maximum atomic E-state index is 13.0. The first-order valence-corrected chi connectivity index (χ1v) is 7.47. The number of ether oxygens (including phenoxy) is 1. The molecule has 0 atom stereocenters. The molecule has 0 saturated carbocycles. The highest BCUT2D eigenvalue weighted by Crippen LogP contribution is 2.15. The zero-order chi connectivity index (χ0) is 17.4. The number of aromatic nitrogens is 4. The summed E-state index contributed by atoms with van der Waals surface area (Å²) in [4.78, 5) is 29.5. The molecule has 24 heavy (non-hydrogen) atoms. The Bertz CT molecular complexity index is 1010. The van der Waals surface area contributed by atoms with Gasteiger partial charge < -0.3 is 4.74 Å². The average Bonchev–Trinajstić information content (AvgIpc) is 2.89. The van der Waals surface area contributed by atoms with E-state index in [1.165, 1.54) is 21.3 Å². The van der Waals surface area contributed by atoms with E-state index in [1.807, 2.05) is 6.92 Å². The molecule has 7 nitrogen and oxygen atoms in total. The molecule has 0 bridgehead atoms. The van der Waals surface area contributed by atoms with Crippen LogP contribution in [0.25, 0.3) is 11.2 Å². The molecular weight excluding hydrogens is 315 g/mol. The third kappa shape index (κ3) is 2.49. The summed E-state index contributed by atoms with van der Waals surface area (Å²) < 4.78 is 22.4. The van der Waals surface area contributed by atoms with Crippen LogP contribution in [0.4, 0.5) is 4.39 Å². The Balaban J connectivity index is 2.21. The Labute approximate surface area is 136 Å². The molecular formula is C16H17FN4O3. The standard InChI is InChI=1S/C16H17FN4O3/c1-4-24-15-18-13-12(19(15)2)14(22)21(16(23)20(13)3)9-10-5-7-11(17)8-6-10/h5-8H,4,9H2,1-3H3. The summed E-state index contributed by atoms with van der Waals surface area (Å²) in [6, 6.07) is 5.95. The largest absolute Gasteiger partial charge is 0.465 e. The van der Waals surface area contributed by atoms with Gasteiger partial charge in [-0.1, -0.05) is 12.1 Å². The normalized spacial score (nSPS) is 11.2. The summed E-state index contributed by atoms with van der Waals surface area (Å²) in [5, 5.41) is 0. The Hall–Kier alpha value is -2.90. The van der Waals surface area contributed by atoms with E-state index in [0.29, 0.717) is 12.2 Å². The first kappa shape index (κ1) is 16.0. The minimum Gasteiger partial charge on any atom is -0.465 e. The number of rotatable bonds is 4. The molecule has 0 radical (unpaired) electrons. The predicted molar refractivity (Wildman–Crippen MR) is 86.9 cm³/mol. The average molecular weight is 332 g/mol. The third-order valence-electron chi connectivity index (χ3n) is 3.85. The number of hydrogen-bond acceptors (Lipinski definition) is 4. The van der Waals surface area contributed by atoms with Crippen LogP contribution in [0.1, 0.15) is 12.5 Å². The van der Waals surface area contributed by atoms with Gasteiger partial charge in [-0.3, -0.25) is 18.5 Å². The highest BCUT2D eigenvalue weighted by Gasteiger charge is 2.19. The maximum Gasteiger partial charge on any atom is 0.332 e. The maximum absolute atomic E-state index is 13.0. The zero-order valence-electron chi connectivity index (χ0n) is 13.6. The number of fused-ring (bicyclic) bond motifs is 1. The predicted octanol–water partition coefficient (Wildman–Crippen LogP) is 1.02. The van der Waals surface area contributed by atoms with Gasteiger partial charge in [0.2, 0.25) is 0 Å². The zero-order valence-corrected chi connectivity index (χ0v) is 13.6. The van der Waals surface area contributed by atoms with Crippen molar-refractivity contribution >= 4 is 11.2 Å². The van der Waals surface area contributed by atoms with Crippen molar-refractivity contribution in [2.24, 2.45) is 14.1 Å². The topological polar surface area (TPSA) is 71.1 Å². The van der Waals surface area contributed by atoms with E-state index in [-0.39, 0.29) is 29.5 Å². The molecule has 0 amide bonds. The van der Waals surface area contributed by atoms with Gasteiger partial charge >= 0.3 is 5.69 Å². The number of hydrogen-bond donors (Lipinski definition) is 0. The molecule has 3 rings (SSSR count). The first-order chi connectivity index (χ1) is 11.4. The molecule has 0 fully saturated rings. The van der Waals surface area contributed by atoms with Crippen LogP contribution in [0.5, 0.6) is 6.01 Å². The van der Waals surface area contributed by atoms with Crippen LogP contribution in [-0.2, 0) is 20.6 Å². The molecule has 2 aromatic heterocycles. The molecule has 3 aromatic rings. The number of aryl methyl sites for hydroxylation is 2. The Morgan fingerprint density at radius 3 is 2.42 bits per heavy atom. The van der Waals surface area contributed by atoms with Crippen LogP contribution in [0.15, 0.2) is 33.9 Å². The summed E-state index contributed by atoms with van der Waals surface area (Å²) in [7, 11) is 3.21. The van der Waals surface area contributed by atoms with Gasteiger partial charge in [0.25, 0.3) is 11.6 Å². The van der Waals surface area contributed by atoms with Crippen molar-refractivity contribution in [2.75, 3.05) is 6.61 Å². The van der Waals surface area contributed by atoms with Gasteiger partial charge in [0.05, 0.1) is 13.2 Å². The van der Waals surface area contributed by atoms with Crippen molar-refractivity contribution in [3.05, 3.63) is 56.5 Å². The van der Waals surface area contributed by atoms with E-state index in [4.69, 9.17) is 4.74 Å². The molecule has 8 heteroatoms. The van der Waals surface area contributed by atoms with Crippen LogP contribution in [0.3, 0.4) is 0 Å². The molecule has 126 valence electrons. The van der Waals surface area contributed by atoms with Crippen molar-refractivity contribution in [1.82, 2.24) is 18.7 Å². The molecule has 0 aliphatic carbocycles. The molecule has 2 heterocycles. The van der Waals surface area contributed by atoms with E-state index in [2.05, 4.69) is 4.98 Å².